The van der Waals surface area contributed by atoms with E-state index in [0.29, 0.717) is 12.1 Å². The van der Waals surface area contributed by atoms with Gasteiger partial charge < -0.3 is 15.4 Å². The van der Waals surface area contributed by atoms with E-state index in [0.717, 1.165) is 30.3 Å². The molecule has 0 aromatic carbocycles. The molecule has 2 N–H and O–H groups in total. The second-order valence-electron chi connectivity index (χ2n) is 5.64. The first-order valence-electron chi connectivity index (χ1n) is 6.86. The summed E-state index contributed by atoms with van der Waals surface area (Å²) in [6, 6.07) is 2.34. The maximum Gasteiger partial charge on any atom is 0.132 e. The predicted octanol–water partition coefficient (Wildman–Crippen LogP) is 2.31. The fraction of sp³-hybridized carbons (Fsp3) is 0.714. The van der Waals surface area contributed by atoms with Crippen LogP contribution in [0.2, 0.25) is 0 Å². The van der Waals surface area contributed by atoms with Crippen LogP contribution in [-0.2, 0) is 11.2 Å². The van der Waals surface area contributed by atoms with Crippen LogP contribution >= 0.6 is 0 Å². The Kier molecular flexibility index (Phi) is 3.94. The van der Waals surface area contributed by atoms with E-state index in [2.05, 4.69) is 41.4 Å². The van der Waals surface area contributed by atoms with Gasteiger partial charge in [-0.15, -0.1) is 0 Å². The van der Waals surface area contributed by atoms with Crippen LogP contribution in [0.15, 0.2) is 6.07 Å². The number of nitrogens with one attached hydrogen (secondary N) is 2. The van der Waals surface area contributed by atoms with Crippen molar-refractivity contribution >= 4 is 11.6 Å². The first-order valence-corrected chi connectivity index (χ1v) is 6.86. The van der Waals surface area contributed by atoms with Gasteiger partial charge in [-0.3, -0.25) is 0 Å². The normalized spacial score (nSPS) is 24.7. The zero-order chi connectivity index (χ0) is 14.0. The Morgan fingerprint density at radius 1 is 1.37 bits per heavy atom. The number of aryl methyl sites for hydroxylation is 1. The molecule has 0 aliphatic heterocycles. The monoisotopic (exact) mass is 264 g/mol. The summed E-state index contributed by atoms with van der Waals surface area (Å²) in [5.41, 5.74) is 0.131. The smallest absolute Gasteiger partial charge is 0.132 e. The van der Waals surface area contributed by atoms with Gasteiger partial charge in [-0.05, 0) is 6.42 Å². The molecule has 106 valence electrons. The Hall–Kier alpha value is -1.36. The van der Waals surface area contributed by atoms with Crippen molar-refractivity contribution in [2.24, 2.45) is 5.41 Å². The van der Waals surface area contributed by atoms with Gasteiger partial charge in [0, 0.05) is 38.1 Å². The molecular formula is C14H24N4O. The molecule has 5 heteroatoms. The van der Waals surface area contributed by atoms with Crippen LogP contribution in [0.3, 0.4) is 0 Å². The van der Waals surface area contributed by atoms with Gasteiger partial charge >= 0.3 is 0 Å². The molecular weight excluding hydrogens is 240 g/mol. The maximum atomic E-state index is 5.47. The lowest BCUT2D eigenvalue weighted by Crippen LogP contribution is -2.57. The second kappa shape index (κ2) is 5.33. The topological polar surface area (TPSA) is 59.1 Å². The summed E-state index contributed by atoms with van der Waals surface area (Å²) in [6.45, 7) is 6.51. The number of anilines is 2. The van der Waals surface area contributed by atoms with Gasteiger partial charge in [0.05, 0.1) is 6.10 Å². The number of rotatable bonds is 5. The highest BCUT2D eigenvalue weighted by Gasteiger charge is 2.48. The lowest BCUT2D eigenvalue weighted by molar-refractivity contribution is -0.0795. The van der Waals surface area contributed by atoms with E-state index in [1.807, 2.05) is 13.1 Å². The van der Waals surface area contributed by atoms with Crippen molar-refractivity contribution in [2.45, 2.75) is 45.8 Å². The molecule has 1 saturated carbocycles. The van der Waals surface area contributed by atoms with Gasteiger partial charge in [0.15, 0.2) is 0 Å². The van der Waals surface area contributed by atoms with Gasteiger partial charge in [-0.25, -0.2) is 9.97 Å². The van der Waals surface area contributed by atoms with E-state index < -0.39 is 0 Å². The Bertz CT molecular complexity index is 425. The molecule has 1 aliphatic carbocycles. The highest BCUT2D eigenvalue weighted by Crippen LogP contribution is 2.43. The maximum absolute atomic E-state index is 5.47. The summed E-state index contributed by atoms with van der Waals surface area (Å²) in [5, 5.41) is 6.59. The molecule has 1 aromatic heterocycles. The third kappa shape index (κ3) is 2.66. The molecule has 0 spiro atoms. The number of hydrogen-bond acceptors (Lipinski definition) is 5. The molecule has 1 fully saturated rings. The largest absolute Gasteiger partial charge is 0.381 e. The number of hydrogen-bond donors (Lipinski definition) is 2. The van der Waals surface area contributed by atoms with Crippen LogP contribution in [0.5, 0.6) is 0 Å². The Morgan fingerprint density at radius 3 is 2.58 bits per heavy atom. The molecule has 0 amide bonds. The molecule has 19 heavy (non-hydrogen) atoms. The standard InChI is InChI=1S/C14H24N4O/c1-6-11-17-12(15-4)8-13(18-11)16-9-7-10(19-5)14(9,2)3/h8-10H,6-7H2,1-5H3,(H2,15,16,17,18). The Balaban J connectivity index is 2.12. The van der Waals surface area contributed by atoms with Crippen LogP contribution in [0.1, 0.15) is 33.0 Å². The lowest BCUT2D eigenvalue weighted by Gasteiger charge is -2.51. The molecule has 1 heterocycles. The average molecular weight is 264 g/mol. The summed E-state index contributed by atoms with van der Waals surface area (Å²) < 4.78 is 5.47. The van der Waals surface area contributed by atoms with E-state index in [1.54, 1.807) is 7.11 Å². The summed E-state index contributed by atoms with van der Waals surface area (Å²) in [7, 11) is 3.65. The third-order valence-corrected chi connectivity index (χ3v) is 4.13. The molecule has 2 rings (SSSR count). The second-order valence-corrected chi connectivity index (χ2v) is 5.64. The highest BCUT2D eigenvalue weighted by molar-refractivity contribution is 5.48. The van der Waals surface area contributed by atoms with E-state index in [-0.39, 0.29) is 5.41 Å². The highest BCUT2D eigenvalue weighted by atomic mass is 16.5. The van der Waals surface area contributed by atoms with E-state index in [4.69, 9.17) is 4.74 Å². The van der Waals surface area contributed by atoms with E-state index >= 15 is 0 Å². The first-order chi connectivity index (χ1) is 9.01. The Labute approximate surface area is 115 Å². The molecule has 2 unspecified atom stereocenters. The first kappa shape index (κ1) is 14.1. The van der Waals surface area contributed by atoms with Crippen molar-refractivity contribution in [1.29, 1.82) is 0 Å². The van der Waals surface area contributed by atoms with Crippen LogP contribution in [0.4, 0.5) is 11.6 Å². The van der Waals surface area contributed by atoms with Crippen molar-refractivity contribution in [3.63, 3.8) is 0 Å². The molecule has 0 saturated heterocycles. The summed E-state index contributed by atoms with van der Waals surface area (Å²) >= 11 is 0. The van der Waals surface area contributed by atoms with Crippen molar-refractivity contribution in [2.75, 3.05) is 24.8 Å². The van der Waals surface area contributed by atoms with Crippen molar-refractivity contribution < 1.29 is 4.74 Å². The van der Waals surface area contributed by atoms with Crippen LogP contribution < -0.4 is 10.6 Å². The fourth-order valence-corrected chi connectivity index (χ4v) is 2.57. The van der Waals surface area contributed by atoms with Gasteiger partial charge in [0.25, 0.3) is 0 Å². The quantitative estimate of drug-likeness (QED) is 0.854. The van der Waals surface area contributed by atoms with E-state index in [9.17, 15) is 0 Å². The van der Waals surface area contributed by atoms with Crippen molar-refractivity contribution in [3.05, 3.63) is 11.9 Å². The number of methoxy groups -OCH3 is 1. The minimum atomic E-state index is 0.131. The number of nitrogens with zero attached hydrogens (tertiary/aromatic N) is 2. The minimum Gasteiger partial charge on any atom is -0.381 e. The summed E-state index contributed by atoms with van der Waals surface area (Å²) in [5.74, 6) is 2.60. The van der Waals surface area contributed by atoms with Crippen LogP contribution in [-0.4, -0.2) is 36.3 Å². The Morgan fingerprint density at radius 2 is 2.05 bits per heavy atom. The minimum absolute atomic E-state index is 0.131. The predicted molar refractivity (Wildman–Crippen MR) is 77.6 cm³/mol. The summed E-state index contributed by atoms with van der Waals surface area (Å²) in [4.78, 5) is 8.94. The average Bonchev–Trinajstić information content (AvgIpc) is 2.42. The van der Waals surface area contributed by atoms with Crippen LogP contribution in [0, 0.1) is 5.41 Å². The van der Waals surface area contributed by atoms with Gasteiger partial charge in [-0.2, -0.15) is 0 Å². The van der Waals surface area contributed by atoms with Gasteiger partial charge in [-0.1, -0.05) is 20.8 Å². The summed E-state index contributed by atoms with van der Waals surface area (Å²) in [6.07, 6.45) is 2.17. The zero-order valence-corrected chi connectivity index (χ0v) is 12.4. The molecule has 0 radical (unpaired) electrons. The third-order valence-electron chi connectivity index (χ3n) is 4.13. The SMILES string of the molecule is CCc1nc(NC)cc(NC2CC(OC)C2(C)C)n1. The fourth-order valence-electron chi connectivity index (χ4n) is 2.57. The van der Waals surface area contributed by atoms with Gasteiger partial charge in [0.2, 0.25) is 0 Å². The van der Waals surface area contributed by atoms with Crippen LogP contribution in [0.25, 0.3) is 0 Å². The molecule has 5 nitrogen and oxygen atoms in total. The molecule has 2 atom stereocenters. The lowest BCUT2D eigenvalue weighted by atomic mass is 9.64. The van der Waals surface area contributed by atoms with E-state index in [1.165, 1.54) is 0 Å². The van der Waals surface area contributed by atoms with Crippen molar-refractivity contribution in [1.82, 2.24) is 9.97 Å². The molecule has 1 aromatic rings. The zero-order valence-electron chi connectivity index (χ0n) is 12.4. The van der Waals surface area contributed by atoms with Gasteiger partial charge in [0.1, 0.15) is 17.5 Å². The van der Waals surface area contributed by atoms with Crippen molar-refractivity contribution in [3.8, 4) is 0 Å². The number of aromatic nitrogens is 2. The molecule has 0 bridgehead atoms. The molecule has 1 aliphatic rings. The number of ether oxygens (including phenoxy) is 1.